The van der Waals surface area contributed by atoms with Crippen LogP contribution in [0.25, 0.3) is 0 Å². The highest BCUT2D eigenvalue weighted by Gasteiger charge is 2.12. The van der Waals surface area contributed by atoms with E-state index in [0.29, 0.717) is 0 Å². The van der Waals surface area contributed by atoms with E-state index in [4.69, 9.17) is 0 Å². The Balaban J connectivity index is 1.66. The number of aryl methyl sites for hydroxylation is 1. The summed E-state index contributed by atoms with van der Waals surface area (Å²) < 4.78 is 0. The van der Waals surface area contributed by atoms with E-state index >= 15 is 0 Å². The lowest BCUT2D eigenvalue weighted by atomic mass is 9.95. The number of benzene rings is 2. The summed E-state index contributed by atoms with van der Waals surface area (Å²) in [5.74, 6) is 0.147. The number of carbonyl (C=O) groups excluding carboxylic acids is 1. The second-order valence-electron chi connectivity index (χ2n) is 7.64. The third kappa shape index (κ3) is 8.12. The highest BCUT2D eigenvalue weighted by molar-refractivity contribution is 6.09. The maximum absolute atomic E-state index is 12.8. The Morgan fingerprint density at radius 3 is 1.78 bits per heavy atom. The van der Waals surface area contributed by atoms with E-state index in [0.717, 1.165) is 17.5 Å². The molecule has 0 amide bonds. The van der Waals surface area contributed by atoms with Gasteiger partial charge in [-0.1, -0.05) is 126 Å². The van der Waals surface area contributed by atoms with Gasteiger partial charge in [-0.05, 0) is 18.4 Å². The molecule has 2 aromatic rings. The first kappa shape index (κ1) is 21.4. The minimum atomic E-state index is 0.147. The SMILES string of the molecule is CCCCCCCCCCCCCc1ccccc1C(=O)c1ccccc1. The molecule has 0 saturated heterocycles. The standard InChI is InChI=1S/C26H36O/c1-2-3-4-5-6-7-8-9-10-11-13-18-23-19-16-17-22-25(23)26(27)24-20-14-12-15-21-24/h12,14-17,19-22H,2-11,13,18H2,1H3. The van der Waals surface area contributed by atoms with Gasteiger partial charge in [0.15, 0.2) is 5.78 Å². The number of ketones is 1. The van der Waals surface area contributed by atoms with E-state index in [-0.39, 0.29) is 5.78 Å². The van der Waals surface area contributed by atoms with Crippen LogP contribution in [-0.2, 0) is 6.42 Å². The van der Waals surface area contributed by atoms with Gasteiger partial charge in [-0.2, -0.15) is 0 Å². The van der Waals surface area contributed by atoms with Crippen molar-refractivity contribution >= 4 is 5.78 Å². The van der Waals surface area contributed by atoms with Gasteiger partial charge in [-0.25, -0.2) is 0 Å². The zero-order valence-corrected chi connectivity index (χ0v) is 17.1. The summed E-state index contributed by atoms with van der Waals surface area (Å²) in [7, 11) is 0. The fourth-order valence-corrected chi connectivity index (χ4v) is 3.68. The summed E-state index contributed by atoms with van der Waals surface area (Å²) in [6.45, 7) is 2.27. The number of hydrogen-bond donors (Lipinski definition) is 0. The Bertz CT molecular complexity index is 644. The molecule has 0 aliphatic rings. The largest absolute Gasteiger partial charge is 0.289 e. The Morgan fingerprint density at radius 1 is 0.630 bits per heavy atom. The van der Waals surface area contributed by atoms with Crippen molar-refractivity contribution < 1.29 is 4.79 Å². The summed E-state index contributed by atoms with van der Waals surface area (Å²) in [5, 5.41) is 0. The van der Waals surface area contributed by atoms with Crippen LogP contribution < -0.4 is 0 Å². The summed E-state index contributed by atoms with van der Waals surface area (Å²) in [6.07, 6.45) is 15.9. The minimum Gasteiger partial charge on any atom is -0.289 e. The zero-order valence-electron chi connectivity index (χ0n) is 17.1. The van der Waals surface area contributed by atoms with E-state index in [1.54, 1.807) is 0 Å². The van der Waals surface area contributed by atoms with Gasteiger partial charge in [0, 0.05) is 11.1 Å². The summed E-state index contributed by atoms with van der Waals surface area (Å²) in [5.41, 5.74) is 2.85. The predicted octanol–water partition coefficient (Wildman–Crippen LogP) is 7.77. The van der Waals surface area contributed by atoms with Crippen LogP contribution in [0.1, 0.15) is 99.0 Å². The fraction of sp³-hybridized carbons (Fsp3) is 0.500. The first-order valence-corrected chi connectivity index (χ1v) is 11.0. The number of unbranched alkanes of at least 4 members (excludes halogenated alkanes) is 10. The molecule has 0 spiro atoms. The highest BCUT2D eigenvalue weighted by Crippen LogP contribution is 2.18. The molecule has 2 rings (SSSR count). The third-order valence-corrected chi connectivity index (χ3v) is 5.35. The lowest BCUT2D eigenvalue weighted by molar-refractivity contribution is 0.103. The summed E-state index contributed by atoms with van der Waals surface area (Å²) in [4.78, 5) is 12.8. The number of hydrogen-bond acceptors (Lipinski definition) is 1. The lowest BCUT2D eigenvalue weighted by Crippen LogP contribution is -2.05. The molecule has 1 nitrogen and oxygen atoms in total. The van der Waals surface area contributed by atoms with E-state index in [1.807, 2.05) is 42.5 Å². The quantitative estimate of drug-likeness (QED) is 0.247. The van der Waals surface area contributed by atoms with Crippen LogP contribution in [0.2, 0.25) is 0 Å². The lowest BCUT2D eigenvalue weighted by Gasteiger charge is -2.09. The highest BCUT2D eigenvalue weighted by atomic mass is 16.1. The molecule has 1 heteroatoms. The molecule has 0 N–H and O–H groups in total. The molecular formula is C26H36O. The first-order chi connectivity index (χ1) is 13.3. The van der Waals surface area contributed by atoms with Gasteiger partial charge in [-0.15, -0.1) is 0 Å². The monoisotopic (exact) mass is 364 g/mol. The van der Waals surface area contributed by atoms with Gasteiger partial charge >= 0.3 is 0 Å². The van der Waals surface area contributed by atoms with Crippen molar-refractivity contribution in [2.75, 3.05) is 0 Å². The Labute approximate surface area is 166 Å². The maximum atomic E-state index is 12.8. The normalized spacial score (nSPS) is 10.9. The number of carbonyl (C=O) groups is 1. The second kappa shape index (κ2) is 13.3. The van der Waals surface area contributed by atoms with Gasteiger partial charge in [0.25, 0.3) is 0 Å². The minimum absolute atomic E-state index is 0.147. The topological polar surface area (TPSA) is 17.1 Å². The Kier molecular flexibility index (Phi) is 10.6. The van der Waals surface area contributed by atoms with Gasteiger partial charge in [-0.3, -0.25) is 4.79 Å². The molecule has 0 fully saturated rings. The van der Waals surface area contributed by atoms with Crippen molar-refractivity contribution in [3.63, 3.8) is 0 Å². The van der Waals surface area contributed by atoms with Crippen LogP contribution in [0, 0.1) is 0 Å². The van der Waals surface area contributed by atoms with Crippen molar-refractivity contribution in [1.82, 2.24) is 0 Å². The van der Waals surface area contributed by atoms with Crippen molar-refractivity contribution in [2.45, 2.75) is 84.0 Å². The van der Waals surface area contributed by atoms with Crippen molar-refractivity contribution in [1.29, 1.82) is 0 Å². The smallest absolute Gasteiger partial charge is 0.193 e. The predicted molar refractivity (Wildman–Crippen MR) is 116 cm³/mol. The zero-order chi connectivity index (χ0) is 19.2. The molecule has 0 unspecified atom stereocenters. The molecule has 0 radical (unpaired) electrons. The fourth-order valence-electron chi connectivity index (χ4n) is 3.68. The first-order valence-electron chi connectivity index (χ1n) is 11.0. The van der Waals surface area contributed by atoms with Crippen molar-refractivity contribution in [3.05, 3.63) is 71.3 Å². The molecule has 0 atom stereocenters. The van der Waals surface area contributed by atoms with Crippen molar-refractivity contribution in [3.8, 4) is 0 Å². The second-order valence-corrected chi connectivity index (χ2v) is 7.64. The molecule has 0 saturated carbocycles. The van der Waals surface area contributed by atoms with Crippen molar-refractivity contribution in [2.24, 2.45) is 0 Å². The van der Waals surface area contributed by atoms with Gasteiger partial charge < -0.3 is 0 Å². The molecule has 0 heterocycles. The summed E-state index contributed by atoms with van der Waals surface area (Å²) >= 11 is 0. The maximum Gasteiger partial charge on any atom is 0.193 e. The Hall–Kier alpha value is -1.89. The van der Waals surface area contributed by atoms with Gasteiger partial charge in [0.2, 0.25) is 0 Å². The molecule has 0 aromatic heterocycles. The van der Waals surface area contributed by atoms with Gasteiger partial charge in [0.05, 0.1) is 0 Å². The van der Waals surface area contributed by atoms with Crippen LogP contribution >= 0.6 is 0 Å². The average Bonchev–Trinajstić information content (AvgIpc) is 2.72. The van der Waals surface area contributed by atoms with Crippen LogP contribution in [0.5, 0.6) is 0 Å². The van der Waals surface area contributed by atoms with E-state index < -0.39 is 0 Å². The average molecular weight is 365 g/mol. The van der Waals surface area contributed by atoms with Crippen LogP contribution in [0.15, 0.2) is 54.6 Å². The molecule has 0 aliphatic carbocycles. The summed E-state index contributed by atoms with van der Waals surface area (Å²) in [6, 6.07) is 17.7. The van der Waals surface area contributed by atoms with E-state index in [1.165, 1.54) is 76.2 Å². The molecule has 2 aromatic carbocycles. The van der Waals surface area contributed by atoms with Crippen LogP contribution in [0.3, 0.4) is 0 Å². The molecule has 0 bridgehead atoms. The number of rotatable bonds is 14. The van der Waals surface area contributed by atoms with Crippen LogP contribution in [0.4, 0.5) is 0 Å². The molecule has 0 aliphatic heterocycles. The Morgan fingerprint density at radius 2 is 1.15 bits per heavy atom. The van der Waals surface area contributed by atoms with Gasteiger partial charge in [0.1, 0.15) is 0 Å². The molecule has 146 valence electrons. The molecular weight excluding hydrogens is 328 g/mol. The van der Waals surface area contributed by atoms with Crippen LogP contribution in [-0.4, -0.2) is 5.78 Å². The third-order valence-electron chi connectivity index (χ3n) is 5.35. The van der Waals surface area contributed by atoms with E-state index in [9.17, 15) is 4.79 Å². The molecule has 27 heavy (non-hydrogen) atoms. The van der Waals surface area contributed by atoms with E-state index in [2.05, 4.69) is 19.1 Å².